The van der Waals surface area contributed by atoms with E-state index in [9.17, 15) is 14.0 Å². The molecule has 2 heterocycles. The predicted octanol–water partition coefficient (Wildman–Crippen LogP) is 1.05. The lowest BCUT2D eigenvalue weighted by Gasteiger charge is -2.17. The first-order valence-corrected chi connectivity index (χ1v) is 7.15. The van der Waals surface area contributed by atoms with Crippen LogP contribution in [0.5, 0.6) is 0 Å². The van der Waals surface area contributed by atoms with Crippen molar-refractivity contribution in [2.75, 3.05) is 6.54 Å². The van der Waals surface area contributed by atoms with Gasteiger partial charge >= 0.3 is 0 Å². The number of nitrogens with zero attached hydrogens (tertiary/aromatic N) is 3. The number of carbonyl (C=O) groups is 2. The third-order valence-electron chi connectivity index (χ3n) is 3.70. The van der Waals surface area contributed by atoms with Crippen LogP contribution in [0.1, 0.15) is 28.2 Å². The Balaban J connectivity index is 1.60. The van der Waals surface area contributed by atoms with E-state index < -0.39 is 5.91 Å². The zero-order valence-electron chi connectivity index (χ0n) is 12.5. The number of aryl methyl sites for hydroxylation is 1. The van der Waals surface area contributed by atoms with Gasteiger partial charge in [-0.15, -0.1) is 0 Å². The lowest BCUT2D eigenvalue weighted by Crippen LogP contribution is -2.37. The summed E-state index contributed by atoms with van der Waals surface area (Å²) in [5, 5.41) is 9.84. The average Bonchev–Trinajstić information content (AvgIpc) is 3.08. The molecule has 120 valence electrons. The van der Waals surface area contributed by atoms with Gasteiger partial charge in [0.25, 0.3) is 5.91 Å². The maximum absolute atomic E-state index is 12.9. The Kier molecular flexibility index (Phi) is 4.05. The molecule has 1 aliphatic rings. The van der Waals surface area contributed by atoms with Crippen molar-refractivity contribution in [1.82, 2.24) is 20.5 Å². The molecule has 0 bridgehead atoms. The number of amides is 2. The van der Waals surface area contributed by atoms with Crippen LogP contribution in [0.25, 0.3) is 0 Å². The standard InChI is InChI=1S/C15H15FN4O3/c1-9-14(19-23-18-9)15(22)17-12-6-13(21)20(8-12)7-10-2-4-11(16)5-3-10/h2-5,12H,6-8H2,1H3,(H,17,22)/t12-/m0/s1. The van der Waals surface area contributed by atoms with Crippen molar-refractivity contribution in [2.45, 2.75) is 25.9 Å². The van der Waals surface area contributed by atoms with Crippen LogP contribution in [-0.4, -0.2) is 39.6 Å². The van der Waals surface area contributed by atoms with Crippen LogP contribution in [0.15, 0.2) is 28.9 Å². The van der Waals surface area contributed by atoms with E-state index in [0.717, 1.165) is 5.56 Å². The van der Waals surface area contributed by atoms with Crippen LogP contribution >= 0.6 is 0 Å². The molecule has 0 aliphatic carbocycles. The Bertz CT molecular complexity index is 729. The lowest BCUT2D eigenvalue weighted by molar-refractivity contribution is -0.128. The smallest absolute Gasteiger partial charge is 0.275 e. The summed E-state index contributed by atoms with van der Waals surface area (Å²) in [6.07, 6.45) is 0.220. The number of aromatic nitrogens is 2. The van der Waals surface area contributed by atoms with E-state index in [-0.39, 0.29) is 29.9 Å². The molecular weight excluding hydrogens is 303 g/mol. The molecule has 0 unspecified atom stereocenters. The third kappa shape index (κ3) is 3.36. The third-order valence-corrected chi connectivity index (χ3v) is 3.70. The van der Waals surface area contributed by atoms with E-state index >= 15 is 0 Å². The molecule has 0 radical (unpaired) electrons. The Hall–Kier alpha value is -2.77. The molecule has 2 aromatic rings. The minimum atomic E-state index is -0.412. The van der Waals surface area contributed by atoms with Gasteiger partial charge in [-0.05, 0) is 29.8 Å². The fourth-order valence-corrected chi connectivity index (χ4v) is 2.52. The summed E-state index contributed by atoms with van der Waals surface area (Å²) in [6.45, 7) is 2.40. The molecule has 3 rings (SSSR count). The maximum Gasteiger partial charge on any atom is 0.275 e. The highest BCUT2D eigenvalue weighted by Gasteiger charge is 2.31. The van der Waals surface area contributed by atoms with Gasteiger partial charge in [-0.3, -0.25) is 9.59 Å². The zero-order valence-corrected chi connectivity index (χ0v) is 12.5. The van der Waals surface area contributed by atoms with Crippen molar-refractivity contribution in [3.8, 4) is 0 Å². The highest BCUT2D eigenvalue weighted by Crippen LogP contribution is 2.16. The number of nitrogens with one attached hydrogen (secondary N) is 1. The zero-order chi connectivity index (χ0) is 16.4. The van der Waals surface area contributed by atoms with Gasteiger partial charge < -0.3 is 10.2 Å². The lowest BCUT2D eigenvalue weighted by atomic mass is 10.2. The summed E-state index contributed by atoms with van der Waals surface area (Å²) in [7, 11) is 0. The molecule has 1 aromatic heterocycles. The number of benzene rings is 1. The van der Waals surface area contributed by atoms with Crippen molar-refractivity contribution in [1.29, 1.82) is 0 Å². The quantitative estimate of drug-likeness (QED) is 0.910. The van der Waals surface area contributed by atoms with Crippen LogP contribution < -0.4 is 5.32 Å². The Morgan fingerprint density at radius 3 is 2.78 bits per heavy atom. The minimum absolute atomic E-state index is 0.0605. The molecule has 2 amide bonds. The molecule has 1 aliphatic heterocycles. The largest absolute Gasteiger partial charge is 0.345 e. The summed E-state index contributed by atoms with van der Waals surface area (Å²) in [5.41, 5.74) is 1.35. The number of halogens is 1. The second-order valence-corrected chi connectivity index (χ2v) is 5.47. The van der Waals surface area contributed by atoms with Crippen LogP contribution in [0, 0.1) is 12.7 Å². The van der Waals surface area contributed by atoms with E-state index in [1.54, 1.807) is 24.0 Å². The summed E-state index contributed by atoms with van der Waals surface area (Å²) in [6, 6.07) is 5.69. The van der Waals surface area contributed by atoms with Gasteiger partial charge in [-0.25, -0.2) is 9.02 Å². The first-order chi connectivity index (χ1) is 11.0. The van der Waals surface area contributed by atoms with Crippen LogP contribution in [-0.2, 0) is 11.3 Å². The number of hydrogen-bond donors (Lipinski definition) is 1. The fourth-order valence-electron chi connectivity index (χ4n) is 2.52. The highest BCUT2D eigenvalue weighted by atomic mass is 19.1. The van der Waals surface area contributed by atoms with E-state index in [4.69, 9.17) is 0 Å². The van der Waals surface area contributed by atoms with Crippen molar-refractivity contribution in [3.05, 3.63) is 47.0 Å². The normalized spacial score (nSPS) is 17.6. The molecule has 8 heteroatoms. The average molecular weight is 318 g/mol. The van der Waals surface area contributed by atoms with Crippen molar-refractivity contribution < 1.29 is 18.6 Å². The second-order valence-electron chi connectivity index (χ2n) is 5.47. The Morgan fingerprint density at radius 1 is 1.39 bits per heavy atom. The molecule has 0 saturated carbocycles. The monoisotopic (exact) mass is 318 g/mol. The summed E-state index contributed by atoms with van der Waals surface area (Å²) in [4.78, 5) is 25.7. The van der Waals surface area contributed by atoms with Gasteiger partial charge in [0.2, 0.25) is 5.91 Å². The van der Waals surface area contributed by atoms with Gasteiger partial charge in [-0.2, -0.15) is 0 Å². The second kappa shape index (κ2) is 6.15. The van der Waals surface area contributed by atoms with Crippen molar-refractivity contribution in [3.63, 3.8) is 0 Å². The first kappa shape index (κ1) is 15.1. The molecular formula is C15H15FN4O3. The van der Waals surface area contributed by atoms with Crippen molar-refractivity contribution >= 4 is 11.8 Å². The van der Waals surface area contributed by atoms with E-state index in [0.29, 0.717) is 18.8 Å². The van der Waals surface area contributed by atoms with Gasteiger partial charge in [0.05, 0.1) is 6.04 Å². The molecule has 1 saturated heterocycles. The SMILES string of the molecule is Cc1nonc1C(=O)N[C@H]1CC(=O)N(Cc2ccc(F)cc2)C1. The molecule has 7 nitrogen and oxygen atoms in total. The van der Waals surface area contributed by atoms with Gasteiger partial charge in [0.1, 0.15) is 11.5 Å². The molecule has 0 spiro atoms. The summed E-state index contributed by atoms with van der Waals surface area (Å²) < 4.78 is 17.4. The fraction of sp³-hybridized carbons (Fsp3) is 0.333. The van der Waals surface area contributed by atoms with Crippen LogP contribution in [0.4, 0.5) is 4.39 Å². The Morgan fingerprint density at radius 2 is 2.13 bits per heavy atom. The van der Waals surface area contributed by atoms with Gasteiger partial charge in [0.15, 0.2) is 5.69 Å². The summed E-state index contributed by atoms with van der Waals surface area (Å²) >= 11 is 0. The van der Waals surface area contributed by atoms with Gasteiger partial charge in [0, 0.05) is 19.5 Å². The molecule has 23 heavy (non-hydrogen) atoms. The van der Waals surface area contributed by atoms with Crippen LogP contribution in [0.2, 0.25) is 0 Å². The topological polar surface area (TPSA) is 88.3 Å². The van der Waals surface area contributed by atoms with E-state index in [2.05, 4.69) is 20.3 Å². The van der Waals surface area contributed by atoms with Crippen LogP contribution in [0.3, 0.4) is 0 Å². The highest BCUT2D eigenvalue weighted by molar-refractivity contribution is 5.94. The first-order valence-electron chi connectivity index (χ1n) is 7.15. The van der Waals surface area contributed by atoms with E-state index in [1.165, 1.54) is 12.1 Å². The molecule has 1 N–H and O–H groups in total. The molecule has 1 fully saturated rings. The number of rotatable bonds is 4. The van der Waals surface area contributed by atoms with Gasteiger partial charge in [-0.1, -0.05) is 17.3 Å². The predicted molar refractivity (Wildman–Crippen MR) is 76.7 cm³/mol. The van der Waals surface area contributed by atoms with E-state index in [1.807, 2.05) is 0 Å². The number of likely N-dealkylation sites (tertiary alicyclic amines) is 1. The minimum Gasteiger partial charge on any atom is -0.345 e. The maximum atomic E-state index is 12.9. The Labute approximate surface area is 131 Å². The number of carbonyl (C=O) groups excluding carboxylic acids is 2. The molecule has 1 atom stereocenters. The van der Waals surface area contributed by atoms with Crippen molar-refractivity contribution in [2.24, 2.45) is 0 Å². The molecule has 1 aromatic carbocycles. The number of hydrogen-bond acceptors (Lipinski definition) is 5. The summed E-state index contributed by atoms with van der Waals surface area (Å²) in [5.74, 6) is -0.789.